The number of carbonyl (C=O) groups excluding carboxylic acids is 1. The maximum absolute atomic E-state index is 12.9. The third-order valence-electron chi connectivity index (χ3n) is 5.47. The monoisotopic (exact) mass is 490 g/mol. The van der Waals surface area contributed by atoms with Gasteiger partial charge in [-0.15, -0.1) is 0 Å². The molecule has 1 aromatic heterocycles. The average Bonchev–Trinajstić information content (AvgIpc) is 2.90. The second-order valence-corrected chi connectivity index (χ2v) is 7.96. The summed E-state index contributed by atoms with van der Waals surface area (Å²) in [6, 6.07) is 15.4. The number of hydrogen-bond donors (Lipinski definition) is 2. The molecule has 2 heterocycles. The quantitative estimate of drug-likeness (QED) is 0.383. The Bertz CT molecular complexity index is 1280. The van der Waals surface area contributed by atoms with Crippen LogP contribution in [-0.4, -0.2) is 37.6 Å². The molecule has 0 atom stereocenters. The molecule has 0 saturated heterocycles. The summed E-state index contributed by atoms with van der Waals surface area (Å²) in [5.74, 6) is 1.34. The van der Waals surface area contributed by atoms with Gasteiger partial charge in [-0.3, -0.25) is 0 Å². The molecule has 8 nitrogen and oxygen atoms in total. The summed E-state index contributed by atoms with van der Waals surface area (Å²) < 4.78 is 29.5. The number of carbonyl (C=O) groups is 1. The summed E-state index contributed by atoms with van der Waals surface area (Å²) in [6.07, 6.45) is 5.49. The molecule has 0 bridgehead atoms. The van der Waals surface area contributed by atoms with Crippen LogP contribution in [0.25, 0.3) is 0 Å². The molecule has 0 radical (unpaired) electrons. The summed E-state index contributed by atoms with van der Waals surface area (Å²) in [5.41, 5.74) is 3.84. The normalized spacial score (nSPS) is 12.8. The SMILES string of the molecule is COc1ccc(CCOC2=CCCC(c3cccc(NC(=O)Nc4ccc(F)nc4)c3)=N2)cc1OC. The Labute approximate surface area is 208 Å². The van der Waals surface area contributed by atoms with Crippen LogP contribution in [0.5, 0.6) is 11.5 Å². The standard InChI is InChI=1S/C27H27FN4O4/c1-34-23-11-9-18(15-24(23)35-2)13-14-36-26-8-4-7-22(32-26)19-5-3-6-20(16-19)30-27(33)31-21-10-12-25(28)29-17-21/h3,5-6,8-12,15-17H,4,7,13-14H2,1-2H3,(H2,30,31,33). The molecule has 2 amide bonds. The number of urea groups is 1. The molecule has 3 aromatic rings. The number of ether oxygens (including phenoxy) is 3. The van der Waals surface area contributed by atoms with Crippen molar-refractivity contribution in [3.63, 3.8) is 0 Å². The minimum atomic E-state index is -0.611. The van der Waals surface area contributed by atoms with E-state index >= 15 is 0 Å². The largest absolute Gasteiger partial charge is 0.493 e. The zero-order valence-electron chi connectivity index (χ0n) is 20.1. The Kier molecular flexibility index (Phi) is 8.12. The second kappa shape index (κ2) is 11.8. The van der Waals surface area contributed by atoms with Gasteiger partial charge in [-0.1, -0.05) is 18.2 Å². The third-order valence-corrected chi connectivity index (χ3v) is 5.47. The highest BCUT2D eigenvalue weighted by Crippen LogP contribution is 2.28. The minimum absolute atomic E-state index is 0.390. The highest BCUT2D eigenvalue weighted by Gasteiger charge is 2.13. The zero-order valence-corrected chi connectivity index (χ0v) is 20.1. The van der Waals surface area contributed by atoms with Crippen molar-refractivity contribution < 1.29 is 23.4 Å². The number of aliphatic imine (C=N–C) groups is 1. The van der Waals surface area contributed by atoms with Gasteiger partial charge in [-0.25, -0.2) is 14.8 Å². The van der Waals surface area contributed by atoms with Gasteiger partial charge in [0.25, 0.3) is 0 Å². The van der Waals surface area contributed by atoms with Gasteiger partial charge in [0.2, 0.25) is 11.8 Å². The van der Waals surface area contributed by atoms with Crippen molar-refractivity contribution in [3.8, 4) is 11.5 Å². The van der Waals surface area contributed by atoms with E-state index in [-0.39, 0.29) is 0 Å². The first-order valence-corrected chi connectivity index (χ1v) is 11.5. The van der Waals surface area contributed by atoms with Crippen molar-refractivity contribution in [2.24, 2.45) is 4.99 Å². The molecule has 0 saturated carbocycles. The molecule has 0 aliphatic carbocycles. The summed E-state index contributed by atoms with van der Waals surface area (Å²) in [7, 11) is 3.22. The van der Waals surface area contributed by atoms with Crippen molar-refractivity contribution >= 4 is 23.1 Å². The van der Waals surface area contributed by atoms with Gasteiger partial charge in [0.15, 0.2) is 11.5 Å². The van der Waals surface area contributed by atoms with Gasteiger partial charge in [-0.05, 0) is 66.4 Å². The molecule has 36 heavy (non-hydrogen) atoms. The smallest absolute Gasteiger partial charge is 0.323 e. The second-order valence-electron chi connectivity index (χ2n) is 7.96. The fourth-order valence-electron chi connectivity index (χ4n) is 3.70. The first kappa shape index (κ1) is 24.7. The van der Waals surface area contributed by atoms with E-state index in [9.17, 15) is 9.18 Å². The number of halogens is 1. The number of nitrogens with zero attached hydrogens (tertiary/aromatic N) is 2. The molecule has 9 heteroatoms. The van der Waals surface area contributed by atoms with Crippen molar-refractivity contribution in [2.45, 2.75) is 19.3 Å². The van der Waals surface area contributed by atoms with E-state index in [4.69, 9.17) is 14.2 Å². The van der Waals surface area contributed by atoms with E-state index in [2.05, 4.69) is 20.6 Å². The van der Waals surface area contributed by atoms with Gasteiger partial charge < -0.3 is 24.8 Å². The van der Waals surface area contributed by atoms with Crippen LogP contribution in [-0.2, 0) is 11.2 Å². The number of hydrogen-bond acceptors (Lipinski definition) is 6. The van der Waals surface area contributed by atoms with E-state index < -0.39 is 12.0 Å². The van der Waals surface area contributed by atoms with Gasteiger partial charge in [0.1, 0.15) is 0 Å². The summed E-state index contributed by atoms with van der Waals surface area (Å²) in [5, 5.41) is 5.39. The summed E-state index contributed by atoms with van der Waals surface area (Å²) in [6.45, 7) is 0.470. The predicted molar refractivity (Wildman–Crippen MR) is 136 cm³/mol. The van der Waals surface area contributed by atoms with Gasteiger partial charge in [-0.2, -0.15) is 4.39 Å². The van der Waals surface area contributed by atoms with Gasteiger partial charge in [0, 0.05) is 12.1 Å². The Morgan fingerprint density at radius 3 is 2.61 bits per heavy atom. The molecule has 0 fully saturated rings. The summed E-state index contributed by atoms with van der Waals surface area (Å²) in [4.78, 5) is 20.5. The van der Waals surface area contributed by atoms with E-state index in [1.54, 1.807) is 20.3 Å². The minimum Gasteiger partial charge on any atom is -0.493 e. The molecule has 0 unspecified atom stereocenters. The average molecular weight is 491 g/mol. The lowest BCUT2D eigenvalue weighted by Gasteiger charge is -2.15. The number of methoxy groups -OCH3 is 2. The highest BCUT2D eigenvalue weighted by molar-refractivity contribution is 6.04. The number of pyridine rings is 1. The maximum Gasteiger partial charge on any atom is 0.323 e. The fourth-order valence-corrected chi connectivity index (χ4v) is 3.70. The first-order valence-electron chi connectivity index (χ1n) is 11.5. The molecule has 2 N–H and O–H groups in total. The number of aromatic nitrogens is 1. The highest BCUT2D eigenvalue weighted by atomic mass is 19.1. The van der Waals surface area contributed by atoms with Crippen molar-refractivity contribution in [1.82, 2.24) is 4.98 Å². The van der Waals surface area contributed by atoms with Crippen LogP contribution in [0.4, 0.5) is 20.6 Å². The van der Waals surface area contributed by atoms with Crippen molar-refractivity contribution in [2.75, 3.05) is 31.5 Å². The predicted octanol–water partition coefficient (Wildman–Crippen LogP) is 5.57. The Hall–Kier alpha value is -4.40. The third kappa shape index (κ3) is 6.59. The number of amides is 2. The van der Waals surface area contributed by atoms with Crippen LogP contribution in [0, 0.1) is 5.95 Å². The molecule has 2 aromatic carbocycles. The number of anilines is 2. The number of benzene rings is 2. The van der Waals surface area contributed by atoms with E-state index in [1.807, 2.05) is 42.5 Å². The first-order chi connectivity index (χ1) is 17.5. The Morgan fingerprint density at radius 1 is 1.00 bits per heavy atom. The maximum atomic E-state index is 12.9. The molecule has 1 aliphatic rings. The lowest BCUT2D eigenvalue weighted by Crippen LogP contribution is -2.19. The molecular weight excluding hydrogens is 463 g/mol. The van der Waals surface area contributed by atoms with Crippen LogP contribution < -0.4 is 20.1 Å². The lowest BCUT2D eigenvalue weighted by atomic mass is 10.0. The molecular formula is C27H27FN4O4. The van der Waals surface area contributed by atoms with Gasteiger partial charge in [0.05, 0.1) is 38.4 Å². The molecule has 0 spiro atoms. The van der Waals surface area contributed by atoms with E-state index in [0.29, 0.717) is 41.8 Å². The molecule has 4 rings (SSSR count). The topological polar surface area (TPSA) is 94.1 Å². The van der Waals surface area contributed by atoms with E-state index in [0.717, 1.165) is 29.7 Å². The Balaban J connectivity index is 1.34. The molecule has 186 valence electrons. The fraction of sp³-hybridized carbons (Fsp3) is 0.222. The summed E-state index contributed by atoms with van der Waals surface area (Å²) >= 11 is 0. The lowest BCUT2D eigenvalue weighted by molar-refractivity contribution is 0.211. The zero-order chi connectivity index (χ0) is 25.3. The van der Waals surface area contributed by atoms with Crippen LogP contribution in [0.3, 0.4) is 0 Å². The van der Waals surface area contributed by atoms with Crippen LogP contribution in [0.2, 0.25) is 0 Å². The number of allylic oxidation sites excluding steroid dienone is 1. The number of rotatable bonds is 9. The van der Waals surface area contributed by atoms with Crippen LogP contribution in [0.1, 0.15) is 24.0 Å². The Morgan fingerprint density at radius 2 is 1.83 bits per heavy atom. The van der Waals surface area contributed by atoms with Crippen molar-refractivity contribution in [3.05, 3.63) is 89.8 Å². The van der Waals surface area contributed by atoms with E-state index in [1.165, 1.54) is 18.3 Å². The number of nitrogens with one attached hydrogen (secondary N) is 2. The van der Waals surface area contributed by atoms with Crippen molar-refractivity contribution in [1.29, 1.82) is 0 Å². The van der Waals surface area contributed by atoms with Crippen LogP contribution >= 0.6 is 0 Å². The van der Waals surface area contributed by atoms with Crippen LogP contribution in [0.15, 0.2) is 77.7 Å². The molecule has 1 aliphatic heterocycles. The van der Waals surface area contributed by atoms with Gasteiger partial charge >= 0.3 is 6.03 Å².